The highest BCUT2D eigenvalue weighted by molar-refractivity contribution is 6.21. The maximum atomic E-state index is 6.13. The molecule has 0 saturated carbocycles. The van der Waals surface area contributed by atoms with Gasteiger partial charge in [0.1, 0.15) is 19.0 Å². The van der Waals surface area contributed by atoms with Gasteiger partial charge in [-0.2, -0.15) is 0 Å². The molecule has 6 rings (SSSR count). The van der Waals surface area contributed by atoms with Crippen molar-refractivity contribution in [1.29, 1.82) is 0 Å². The van der Waals surface area contributed by atoms with Crippen LogP contribution in [0.2, 0.25) is 0 Å². The summed E-state index contributed by atoms with van der Waals surface area (Å²) < 4.78 is 40.0. The molecule has 11 heteroatoms. The van der Waals surface area contributed by atoms with Crippen LogP contribution < -0.4 is 9.47 Å². The quantitative estimate of drug-likeness (QED) is 0.292. The van der Waals surface area contributed by atoms with Crippen LogP contribution in [-0.4, -0.2) is 99.2 Å². The van der Waals surface area contributed by atoms with E-state index < -0.39 is 0 Å². The van der Waals surface area contributed by atoms with E-state index in [0.29, 0.717) is 96.6 Å². The van der Waals surface area contributed by atoms with Crippen molar-refractivity contribution >= 4 is 32.8 Å². The number of hydrogen-bond acceptors (Lipinski definition) is 10. The Bertz CT molecular complexity index is 1540. The number of aromatic amines is 1. The molecule has 42 heavy (non-hydrogen) atoms. The van der Waals surface area contributed by atoms with Crippen LogP contribution in [0.15, 0.2) is 54.9 Å². The topological polar surface area (TPSA) is 119 Å². The van der Waals surface area contributed by atoms with Gasteiger partial charge in [-0.05, 0) is 42.5 Å². The van der Waals surface area contributed by atoms with Crippen LogP contribution in [0.25, 0.3) is 44.2 Å². The minimum Gasteiger partial charge on any atom is -0.487 e. The van der Waals surface area contributed by atoms with Gasteiger partial charge >= 0.3 is 0 Å². The minimum absolute atomic E-state index is 0.351. The fourth-order valence-corrected chi connectivity index (χ4v) is 4.77. The van der Waals surface area contributed by atoms with Crippen LogP contribution in [0.3, 0.4) is 0 Å². The Morgan fingerprint density at radius 2 is 1.05 bits per heavy atom. The summed E-state index contributed by atoms with van der Waals surface area (Å²) in [4.78, 5) is 17.7. The second-order valence-corrected chi connectivity index (χ2v) is 9.53. The van der Waals surface area contributed by atoms with Crippen molar-refractivity contribution in [2.75, 3.05) is 79.3 Å². The molecule has 0 aliphatic carbocycles. The van der Waals surface area contributed by atoms with Crippen LogP contribution >= 0.6 is 0 Å². The number of imidazole rings is 1. The lowest BCUT2D eigenvalue weighted by molar-refractivity contribution is -0.0134. The van der Waals surface area contributed by atoms with Crippen LogP contribution in [0, 0.1) is 0 Å². The Balaban J connectivity index is 1.24. The fraction of sp³-hybridized carbons (Fsp3) is 0.387. The summed E-state index contributed by atoms with van der Waals surface area (Å²) in [6.07, 6.45) is 3.56. The molecule has 0 radical (unpaired) electrons. The number of hydrogen-bond donors (Lipinski definition) is 1. The SMILES string of the molecule is c1cnc2c(c1)c1nc(-c3ccc4c(c3)OCCOCCOCCOCCOCCOCCO4)[nH]c1c1cccnc12. The third-order valence-electron chi connectivity index (χ3n) is 6.74. The van der Waals surface area contributed by atoms with Gasteiger partial charge in [0.25, 0.3) is 0 Å². The first-order chi connectivity index (χ1) is 20.9. The van der Waals surface area contributed by atoms with Gasteiger partial charge in [0.2, 0.25) is 0 Å². The molecular weight excluding hydrogens is 540 g/mol. The molecule has 1 aliphatic heterocycles. The van der Waals surface area contributed by atoms with E-state index in [2.05, 4.69) is 15.0 Å². The number of fused-ring (bicyclic) bond motifs is 7. The molecule has 1 N–H and O–H groups in total. The van der Waals surface area contributed by atoms with E-state index in [9.17, 15) is 0 Å². The van der Waals surface area contributed by atoms with E-state index in [1.54, 1.807) is 12.4 Å². The highest BCUT2D eigenvalue weighted by Gasteiger charge is 2.16. The van der Waals surface area contributed by atoms with Gasteiger partial charge in [0, 0.05) is 28.7 Å². The van der Waals surface area contributed by atoms with Gasteiger partial charge < -0.3 is 38.1 Å². The van der Waals surface area contributed by atoms with Gasteiger partial charge in [-0.25, -0.2) is 4.98 Å². The first kappa shape index (κ1) is 28.3. The van der Waals surface area contributed by atoms with Gasteiger partial charge in [0.15, 0.2) is 11.5 Å². The zero-order valence-corrected chi connectivity index (χ0v) is 23.4. The molecule has 2 aromatic carbocycles. The predicted octanol–water partition coefficient (Wildman–Crippen LogP) is 4.18. The van der Waals surface area contributed by atoms with Crippen molar-refractivity contribution in [1.82, 2.24) is 19.9 Å². The summed E-state index contributed by atoms with van der Waals surface area (Å²) >= 11 is 0. The highest BCUT2D eigenvalue weighted by atomic mass is 16.6. The van der Waals surface area contributed by atoms with Crippen LogP contribution in [0.4, 0.5) is 0 Å². The molecule has 0 unspecified atom stereocenters. The largest absolute Gasteiger partial charge is 0.487 e. The van der Waals surface area contributed by atoms with E-state index in [1.807, 2.05) is 42.5 Å². The fourth-order valence-electron chi connectivity index (χ4n) is 4.77. The zero-order chi connectivity index (χ0) is 28.4. The molecule has 4 heterocycles. The van der Waals surface area contributed by atoms with Crippen molar-refractivity contribution in [2.24, 2.45) is 0 Å². The van der Waals surface area contributed by atoms with Crippen LogP contribution in [0.1, 0.15) is 0 Å². The minimum atomic E-state index is 0.351. The lowest BCUT2D eigenvalue weighted by atomic mass is 10.1. The average molecular weight is 575 g/mol. The standard InChI is InChI=1S/C31H34N4O7/c1-3-23-27(32-7-1)28-24(4-2-8-33-28)30-29(23)34-31(35-30)22-5-6-25-26(21-22)42-20-18-40-16-14-38-12-10-36-9-11-37-13-15-39-17-19-41-25/h1-8,21H,9-20H2,(H,34,35). The average Bonchev–Trinajstić information content (AvgIpc) is 3.48. The van der Waals surface area contributed by atoms with Gasteiger partial charge in [-0.3, -0.25) is 9.97 Å². The lowest BCUT2D eigenvalue weighted by Gasteiger charge is -2.14. The lowest BCUT2D eigenvalue weighted by Crippen LogP contribution is -2.14. The third kappa shape index (κ3) is 6.77. The van der Waals surface area contributed by atoms with Crippen LogP contribution in [0.5, 0.6) is 11.5 Å². The number of ether oxygens (including phenoxy) is 7. The summed E-state index contributed by atoms with van der Waals surface area (Å²) in [6.45, 7) is 5.55. The summed E-state index contributed by atoms with van der Waals surface area (Å²) in [6, 6.07) is 13.7. The first-order valence-electron chi connectivity index (χ1n) is 14.2. The molecular formula is C31H34N4O7. The molecule has 0 atom stereocenters. The monoisotopic (exact) mass is 574 g/mol. The van der Waals surface area contributed by atoms with E-state index in [1.165, 1.54) is 0 Å². The number of H-pyrrole nitrogens is 1. The molecule has 0 bridgehead atoms. The predicted molar refractivity (Wildman–Crippen MR) is 157 cm³/mol. The number of nitrogens with zero attached hydrogens (tertiary/aromatic N) is 3. The third-order valence-corrected chi connectivity index (χ3v) is 6.74. The molecule has 0 amide bonds. The van der Waals surface area contributed by atoms with E-state index in [4.69, 9.17) is 38.1 Å². The second kappa shape index (κ2) is 14.3. The number of benzene rings is 2. The summed E-state index contributed by atoms with van der Waals surface area (Å²) in [5.74, 6) is 1.92. The summed E-state index contributed by atoms with van der Waals surface area (Å²) in [5.41, 5.74) is 4.28. The molecule has 220 valence electrons. The van der Waals surface area contributed by atoms with Gasteiger partial charge in [0.05, 0.1) is 88.1 Å². The molecule has 0 saturated heterocycles. The van der Waals surface area contributed by atoms with Crippen molar-refractivity contribution in [3.63, 3.8) is 0 Å². The number of rotatable bonds is 1. The maximum Gasteiger partial charge on any atom is 0.162 e. The molecule has 3 aromatic heterocycles. The molecule has 11 nitrogen and oxygen atoms in total. The van der Waals surface area contributed by atoms with Crippen LogP contribution in [-0.2, 0) is 23.7 Å². The van der Waals surface area contributed by atoms with Crippen molar-refractivity contribution in [3.8, 4) is 22.9 Å². The Labute approximate surface area is 243 Å². The second-order valence-electron chi connectivity index (χ2n) is 9.53. The first-order valence-corrected chi connectivity index (χ1v) is 14.2. The van der Waals surface area contributed by atoms with E-state index >= 15 is 0 Å². The zero-order valence-electron chi connectivity index (χ0n) is 23.4. The Morgan fingerprint density at radius 3 is 1.67 bits per heavy atom. The molecule has 5 aromatic rings. The number of nitrogens with one attached hydrogen (secondary N) is 1. The van der Waals surface area contributed by atoms with Gasteiger partial charge in [-0.1, -0.05) is 0 Å². The Kier molecular flexibility index (Phi) is 9.65. The maximum absolute atomic E-state index is 6.13. The molecule has 0 spiro atoms. The smallest absolute Gasteiger partial charge is 0.162 e. The molecule has 1 aliphatic rings. The van der Waals surface area contributed by atoms with Gasteiger partial charge in [-0.15, -0.1) is 0 Å². The van der Waals surface area contributed by atoms with Crippen molar-refractivity contribution in [2.45, 2.75) is 0 Å². The van der Waals surface area contributed by atoms with E-state index in [-0.39, 0.29) is 0 Å². The van der Waals surface area contributed by atoms with E-state index in [0.717, 1.165) is 38.4 Å². The van der Waals surface area contributed by atoms with Crippen molar-refractivity contribution in [3.05, 3.63) is 54.9 Å². The van der Waals surface area contributed by atoms with Crippen molar-refractivity contribution < 1.29 is 33.2 Å². The summed E-state index contributed by atoms with van der Waals surface area (Å²) in [5, 5.41) is 1.91. The highest BCUT2D eigenvalue weighted by Crippen LogP contribution is 2.36. The Morgan fingerprint density at radius 1 is 0.524 bits per heavy atom. The number of pyridine rings is 2. The summed E-state index contributed by atoms with van der Waals surface area (Å²) in [7, 11) is 0. The normalized spacial score (nSPS) is 17.2. The Hall–Kier alpha value is -3.87. The molecule has 0 fully saturated rings. The number of aromatic nitrogens is 4.